The van der Waals surface area contributed by atoms with Gasteiger partial charge in [0.15, 0.2) is 5.82 Å². The van der Waals surface area contributed by atoms with Crippen LogP contribution in [-0.2, 0) is 11.2 Å². The van der Waals surface area contributed by atoms with Gasteiger partial charge in [0.2, 0.25) is 0 Å². The molecule has 41 heavy (non-hydrogen) atoms. The van der Waals surface area contributed by atoms with Crippen LogP contribution in [0.5, 0.6) is 5.75 Å². The van der Waals surface area contributed by atoms with Gasteiger partial charge in [0, 0.05) is 18.0 Å². The predicted molar refractivity (Wildman–Crippen MR) is 170 cm³/mol. The van der Waals surface area contributed by atoms with Crippen molar-refractivity contribution >= 4 is 5.97 Å². The molecule has 1 heterocycles. The van der Waals surface area contributed by atoms with E-state index in [1.54, 1.807) is 0 Å². The van der Waals surface area contributed by atoms with Gasteiger partial charge in [0.1, 0.15) is 5.75 Å². The Morgan fingerprint density at radius 1 is 0.707 bits per heavy atom. The van der Waals surface area contributed by atoms with Crippen molar-refractivity contribution in [3.63, 3.8) is 0 Å². The highest BCUT2D eigenvalue weighted by atomic mass is 16.5. The minimum atomic E-state index is -0.0534. The average molecular weight is 561 g/mol. The zero-order valence-corrected chi connectivity index (χ0v) is 26.1. The number of hydrogen-bond acceptors (Lipinski definition) is 4. The predicted octanol–water partition coefficient (Wildman–Crippen LogP) is 10.5. The molecule has 2 saturated carbocycles. The zero-order valence-electron chi connectivity index (χ0n) is 26.1. The molecule has 0 radical (unpaired) electrons. The fourth-order valence-electron chi connectivity index (χ4n) is 7.25. The van der Waals surface area contributed by atoms with Crippen LogP contribution < -0.4 is 4.74 Å². The van der Waals surface area contributed by atoms with Gasteiger partial charge in [-0.3, -0.25) is 4.79 Å². The number of esters is 1. The van der Waals surface area contributed by atoms with E-state index in [0.29, 0.717) is 11.6 Å². The Morgan fingerprint density at radius 2 is 1.27 bits per heavy atom. The maximum atomic E-state index is 12.9. The summed E-state index contributed by atoms with van der Waals surface area (Å²) in [5.41, 5.74) is 2.14. The van der Waals surface area contributed by atoms with Crippen molar-refractivity contribution in [1.82, 2.24) is 9.97 Å². The summed E-state index contributed by atoms with van der Waals surface area (Å²) in [6.07, 6.45) is 30.0. The van der Waals surface area contributed by atoms with Crippen molar-refractivity contribution < 1.29 is 9.53 Å². The smallest absolute Gasteiger partial charge is 0.314 e. The Kier molecular flexibility index (Phi) is 13.7. The van der Waals surface area contributed by atoms with Gasteiger partial charge in [0.25, 0.3) is 0 Å². The molecule has 0 unspecified atom stereocenters. The molecule has 0 saturated heterocycles. The number of aromatic nitrogens is 2. The van der Waals surface area contributed by atoms with E-state index < -0.39 is 0 Å². The van der Waals surface area contributed by atoms with Crippen LogP contribution in [0.3, 0.4) is 0 Å². The highest BCUT2D eigenvalue weighted by Gasteiger charge is 2.33. The lowest BCUT2D eigenvalue weighted by atomic mass is 9.68. The maximum Gasteiger partial charge on any atom is 0.314 e. The number of nitrogens with zero attached hydrogens (tertiary/aromatic N) is 2. The molecule has 0 N–H and O–H groups in total. The normalized spacial score (nSPS) is 22.9. The van der Waals surface area contributed by atoms with Crippen LogP contribution in [-0.4, -0.2) is 15.9 Å². The van der Waals surface area contributed by atoms with Gasteiger partial charge in [-0.1, -0.05) is 90.9 Å². The standard InChI is InChI=1S/C37H56N2O2/c1-3-5-7-8-9-10-12-13-29-15-17-31(18-16-29)32-19-21-34(22-20-32)37(40)41-35-25-23-33(24-26-35)36-38-27-30(28-39-36)14-11-6-4-2/h23-29,31-32,34H,3-22H2,1-2H3/t29-,31-,32-,34-. The number of aryl methyl sites for hydroxylation is 1. The van der Waals surface area contributed by atoms with Gasteiger partial charge < -0.3 is 4.74 Å². The van der Waals surface area contributed by atoms with Crippen LogP contribution in [0.2, 0.25) is 0 Å². The molecule has 0 bridgehead atoms. The van der Waals surface area contributed by atoms with Crippen molar-refractivity contribution in [1.29, 1.82) is 0 Å². The molecule has 1 aromatic carbocycles. The lowest BCUT2D eigenvalue weighted by molar-refractivity contribution is -0.140. The number of ether oxygens (including phenoxy) is 1. The van der Waals surface area contributed by atoms with E-state index in [1.807, 2.05) is 36.7 Å². The van der Waals surface area contributed by atoms with Crippen molar-refractivity contribution in [2.24, 2.45) is 23.7 Å². The molecule has 4 nitrogen and oxygen atoms in total. The second-order valence-corrected chi connectivity index (χ2v) is 13.1. The molecule has 2 fully saturated rings. The SMILES string of the molecule is CCCCCCCCC[C@H]1CC[C@H]([C@H]2CC[C@H](C(=O)Oc3ccc(-c4ncc(CCCCC)cn4)cc3)CC2)CC1. The van der Waals surface area contributed by atoms with Crippen LogP contribution in [0, 0.1) is 23.7 Å². The van der Waals surface area contributed by atoms with Gasteiger partial charge in [-0.15, -0.1) is 0 Å². The number of hydrogen-bond donors (Lipinski definition) is 0. The van der Waals surface area contributed by atoms with Gasteiger partial charge >= 0.3 is 5.97 Å². The van der Waals surface area contributed by atoms with E-state index in [1.165, 1.54) is 115 Å². The number of rotatable bonds is 16. The van der Waals surface area contributed by atoms with Gasteiger partial charge in [0.05, 0.1) is 5.92 Å². The van der Waals surface area contributed by atoms with Crippen molar-refractivity contribution in [3.8, 4) is 17.1 Å². The number of unbranched alkanes of at least 4 members (excludes halogenated alkanes) is 8. The van der Waals surface area contributed by atoms with E-state index >= 15 is 0 Å². The first-order chi connectivity index (χ1) is 20.2. The van der Waals surface area contributed by atoms with Crippen LogP contribution in [0.15, 0.2) is 36.7 Å². The monoisotopic (exact) mass is 560 g/mol. The van der Waals surface area contributed by atoms with Gasteiger partial charge in [-0.25, -0.2) is 9.97 Å². The van der Waals surface area contributed by atoms with E-state index in [9.17, 15) is 4.79 Å². The molecule has 2 aliphatic carbocycles. The van der Waals surface area contributed by atoms with Crippen LogP contribution in [0.1, 0.15) is 141 Å². The Morgan fingerprint density at radius 3 is 1.90 bits per heavy atom. The molecule has 0 aliphatic heterocycles. The van der Waals surface area contributed by atoms with Crippen molar-refractivity contribution in [3.05, 3.63) is 42.2 Å². The number of benzene rings is 1. The van der Waals surface area contributed by atoms with Gasteiger partial charge in [-0.2, -0.15) is 0 Å². The Hall–Kier alpha value is -2.23. The minimum Gasteiger partial charge on any atom is -0.426 e. The molecule has 0 spiro atoms. The molecule has 4 heteroatoms. The molecule has 0 atom stereocenters. The third kappa shape index (κ3) is 10.5. The summed E-state index contributed by atoms with van der Waals surface area (Å²) >= 11 is 0. The van der Waals surface area contributed by atoms with Gasteiger partial charge in [-0.05, 0) is 98.9 Å². The summed E-state index contributed by atoms with van der Waals surface area (Å²) in [5.74, 6) is 4.00. The van der Waals surface area contributed by atoms with Crippen LogP contribution in [0.25, 0.3) is 11.4 Å². The molecular weight excluding hydrogens is 504 g/mol. The fourth-order valence-corrected chi connectivity index (χ4v) is 7.25. The molecular formula is C37H56N2O2. The van der Waals surface area contributed by atoms with E-state index in [0.717, 1.165) is 42.6 Å². The fraction of sp³-hybridized carbons (Fsp3) is 0.703. The molecule has 2 aliphatic rings. The summed E-state index contributed by atoms with van der Waals surface area (Å²) in [4.78, 5) is 22.0. The lowest BCUT2D eigenvalue weighted by Crippen LogP contribution is -2.30. The van der Waals surface area contributed by atoms with Crippen LogP contribution in [0.4, 0.5) is 0 Å². The molecule has 0 amide bonds. The van der Waals surface area contributed by atoms with E-state index in [-0.39, 0.29) is 11.9 Å². The quantitative estimate of drug-likeness (QED) is 0.116. The maximum absolute atomic E-state index is 12.9. The first-order valence-corrected chi connectivity index (χ1v) is 17.3. The van der Waals surface area contributed by atoms with Crippen molar-refractivity contribution in [2.75, 3.05) is 0 Å². The third-order valence-corrected chi connectivity index (χ3v) is 9.98. The second-order valence-electron chi connectivity index (χ2n) is 13.1. The topological polar surface area (TPSA) is 52.1 Å². The van der Waals surface area contributed by atoms with E-state index in [4.69, 9.17) is 4.74 Å². The molecule has 226 valence electrons. The van der Waals surface area contributed by atoms with Crippen LogP contribution >= 0.6 is 0 Å². The lowest BCUT2D eigenvalue weighted by Gasteiger charge is -2.37. The third-order valence-electron chi connectivity index (χ3n) is 9.98. The largest absolute Gasteiger partial charge is 0.426 e. The molecule has 1 aromatic heterocycles. The summed E-state index contributed by atoms with van der Waals surface area (Å²) in [7, 11) is 0. The Labute approximate surface area is 250 Å². The van der Waals surface area contributed by atoms with E-state index in [2.05, 4.69) is 23.8 Å². The zero-order chi connectivity index (χ0) is 28.7. The first-order valence-electron chi connectivity index (χ1n) is 17.3. The molecule has 2 aromatic rings. The summed E-state index contributed by atoms with van der Waals surface area (Å²) in [6.45, 7) is 4.51. The molecule has 4 rings (SSSR count). The summed E-state index contributed by atoms with van der Waals surface area (Å²) < 4.78 is 5.81. The average Bonchev–Trinajstić information content (AvgIpc) is 3.02. The summed E-state index contributed by atoms with van der Waals surface area (Å²) in [5, 5.41) is 0. The summed E-state index contributed by atoms with van der Waals surface area (Å²) in [6, 6.07) is 7.66. The number of carbonyl (C=O) groups is 1. The second kappa shape index (κ2) is 17.7. The minimum absolute atomic E-state index is 0.0446. The Bertz CT molecular complexity index is 987. The Balaban J connectivity index is 1.12. The highest BCUT2D eigenvalue weighted by molar-refractivity contribution is 5.75. The highest BCUT2D eigenvalue weighted by Crippen LogP contribution is 2.42. The van der Waals surface area contributed by atoms with Crippen molar-refractivity contribution in [2.45, 2.75) is 142 Å². The number of carbonyl (C=O) groups excluding carboxylic acids is 1. The first kappa shape index (κ1) is 31.7.